The topological polar surface area (TPSA) is 54.5 Å². The van der Waals surface area contributed by atoms with E-state index in [2.05, 4.69) is 17.2 Å². The molecule has 0 aliphatic carbocycles. The Hall–Kier alpha value is -3.34. The molecule has 0 radical (unpaired) electrons. The number of nitrogens with zero attached hydrogens (tertiary/aromatic N) is 2. The molecule has 29 heavy (non-hydrogen) atoms. The lowest BCUT2D eigenvalue weighted by Gasteiger charge is -2.16. The molecule has 3 rings (SSSR count). The van der Waals surface area contributed by atoms with Crippen LogP contribution in [0.1, 0.15) is 35.8 Å². The monoisotopic (exact) mass is 389 g/mol. The third kappa shape index (κ3) is 6.07. The highest BCUT2D eigenvalue weighted by Gasteiger charge is 2.13. The molecule has 0 aliphatic heterocycles. The van der Waals surface area contributed by atoms with Gasteiger partial charge in [0.2, 0.25) is 0 Å². The standard InChI is InChI=1S/C24H27N3O2/c1-3-4-16-27(2)24(28)23-17-21(14-15-25-23)26-20-10-12-22(13-11-20)29-18-19-8-6-5-7-9-19/h5-15,17H,3-4,16,18H2,1-2H3,(H,25,26). The lowest BCUT2D eigenvalue weighted by Crippen LogP contribution is -2.28. The summed E-state index contributed by atoms with van der Waals surface area (Å²) in [5, 5.41) is 3.32. The van der Waals surface area contributed by atoms with E-state index < -0.39 is 0 Å². The van der Waals surface area contributed by atoms with Gasteiger partial charge in [-0.15, -0.1) is 0 Å². The zero-order valence-corrected chi connectivity index (χ0v) is 17.0. The van der Waals surface area contributed by atoms with E-state index in [1.807, 2.05) is 67.7 Å². The van der Waals surface area contributed by atoms with E-state index >= 15 is 0 Å². The van der Waals surface area contributed by atoms with Crippen LogP contribution in [0.4, 0.5) is 11.4 Å². The summed E-state index contributed by atoms with van der Waals surface area (Å²) in [7, 11) is 1.81. The number of hydrogen-bond donors (Lipinski definition) is 1. The van der Waals surface area contributed by atoms with Crippen LogP contribution in [0.2, 0.25) is 0 Å². The average molecular weight is 389 g/mol. The minimum atomic E-state index is -0.0632. The molecule has 5 nitrogen and oxygen atoms in total. The Morgan fingerprint density at radius 3 is 2.52 bits per heavy atom. The summed E-state index contributed by atoms with van der Waals surface area (Å²) in [5.74, 6) is 0.745. The fourth-order valence-electron chi connectivity index (χ4n) is 2.86. The first-order valence-electron chi connectivity index (χ1n) is 9.91. The molecule has 1 aromatic heterocycles. The summed E-state index contributed by atoms with van der Waals surface area (Å²) in [5.41, 5.74) is 3.31. The van der Waals surface area contributed by atoms with Gasteiger partial charge in [0, 0.05) is 31.2 Å². The van der Waals surface area contributed by atoms with E-state index in [9.17, 15) is 4.79 Å². The Labute approximate surface area is 172 Å². The van der Waals surface area contributed by atoms with Crippen LogP contribution in [0, 0.1) is 0 Å². The number of amides is 1. The van der Waals surface area contributed by atoms with Crippen LogP contribution in [0.3, 0.4) is 0 Å². The Balaban J connectivity index is 1.59. The highest BCUT2D eigenvalue weighted by atomic mass is 16.5. The van der Waals surface area contributed by atoms with E-state index in [0.29, 0.717) is 12.3 Å². The fraction of sp³-hybridized carbons (Fsp3) is 0.250. The Morgan fingerprint density at radius 1 is 1.03 bits per heavy atom. The van der Waals surface area contributed by atoms with E-state index in [-0.39, 0.29) is 5.91 Å². The molecule has 150 valence electrons. The first kappa shape index (κ1) is 20.4. The molecule has 0 fully saturated rings. The van der Waals surface area contributed by atoms with Gasteiger partial charge in [-0.1, -0.05) is 43.7 Å². The Morgan fingerprint density at radius 2 is 1.79 bits per heavy atom. The number of benzene rings is 2. The third-order valence-electron chi connectivity index (χ3n) is 4.56. The van der Waals surface area contributed by atoms with E-state index in [0.717, 1.165) is 42.1 Å². The van der Waals surface area contributed by atoms with Gasteiger partial charge in [0.1, 0.15) is 18.1 Å². The first-order chi connectivity index (χ1) is 14.2. The zero-order chi connectivity index (χ0) is 20.5. The van der Waals surface area contributed by atoms with Gasteiger partial charge in [0.05, 0.1) is 0 Å². The molecule has 2 aromatic carbocycles. The predicted molar refractivity (Wildman–Crippen MR) is 117 cm³/mol. The van der Waals surface area contributed by atoms with Crippen molar-refractivity contribution in [1.82, 2.24) is 9.88 Å². The second-order valence-electron chi connectivity index (χ2n) is 6.93. The second kappa shape index (κ2) is 10.3. The number of carbonyl (C=O) groups is 1. The average Bonchev–Trinajstić information content (AvgIpc) is 2.77. The van der Waals surface area contributed by atoms with Gasteiger partial charge in [-0.3, -0.25) is 9.78 Å². The van der Waals surface area contributed by atoms with Crippen LogP contribution in [-0.4, -0.2) is 29.4 Å². The molecular formula is C24H27N3O2. The van der Waals surface area contributed by atoms with Crippen molar-refractivity contribution in [3.8, 4) is 5.75 Å². The van der Waals surface area contributed by atoms with E-state index in [4.69, 9.17) is 4.74 Å². The molecule has 0 saturated heterocycles. The van der Waals surface area contributed by atoms with Gasteiger partial charge >= 0.3 is 0 Å². The number of nitrogens with one attached hydrogen (secondary N) is 1. The number of rotatable bonds is 9. The van der Waals surface area contributed by atoms with Gasteiger partial charge in [-0.2, -0.15) is 0 Å². The molecule has 0 spiro atoms. The van der Waals surface area contributed by atoms with Crippen LogP contribution in [0.25, 0.3) is 0 Å². The third-order valence-corrected chi connectivity index (χ3v) is 4.56. The molecule has 0 aliphatic rings. The molecule has 0 bridgehead atoms. The van der Waals surface area contributed by atoms with Crippen molar-refractivity contribution < 1.29 is 9.53 Å². The van der Waals surface area contributed by atoms with Crippen LogP contribution in [0.15, 0.2) is 72.9 Å². The molecule has 0 atom stereocenters. The summed E-state index contributed by atoms with van der Waals surface area (Å²) < 4.78 is 5.82. The number of anilines is 2. The zero-order valence-electron chi connectivity index (χ0n) is 17.0. The van der Waals surface area contributed by atoms with Crippen molar-refractivity contribution in [2.24, 2.45) is 0 Å². The van der Waals surface area contributed by atoms with Crippen molar-refractivity contribution >= 4 is 17.3 Å². The van der Waals surface area contributed by atoms with Gasteiger partial charge in [0.25, 0.3) is 5.91 Å². The van der Waals surface area contributed by atoms with Crippen molar-refractivity contribution in [2.45, 2.75) is 26.4 Å². The van der Waals surface area contributed by atoms with Gasteiger partial charge < -0.3 is 15.0 Å². The number of hydrogen-bond acceptors (Lipinski definition) is 4. The smallest absolute Gasteiger partial charge is 0.272 e. The van der Waals surface area contributed by atoms with Crippen molar-refractivity contribution in [3.05, 3.63) is 84.2 Å². The Bertz CT molecular complexity index is 911. The number of carbonyl (C=O) groups excluding carboxylic acids is 1. The lowest BCUT2D eigenvalue weighted by atomic mass is 10.2. The van der Waals surface area contributed by atoms with Crippen LogP contribution in [0.5, 0.6) is 5.75 Å². The quantitative estimate of drug-likeness (QED) is 0.541. The Kier molecular flexibility index (Phi) is 7.22. The van der Waals surface area contributed by atoms with Gasteiger partial charge in [-0.05, 0) is 48.4 Å². The molecule has 0 unspecified atom stereocenters. The number of unbranched alkanes of at least 4 members (excludes halogenated alkanes) is 1. The van der Waals surface area contributed by atoms with Gasteiger partial charge in [-0.25, -0.2) is 0 Å². The summed E-state index contributed by atoms with van der Waals surface area (Å²) in [6.07, 6.45) is 3.69. The van der Waals surface area contributed by atoms with Crippen molar-refractivity contribution in [3.63, 3.8) is 0 Å². The molecule has 1 N–H and O–H groups in total. The number of aromatic nitrogens is 1. The lowest BCUT2D eigenvalue weighted by molar-refractivity contribution is 0.0787. The maximum absolute atomic E-state index is 12.5. The molecular weight excluding hydrogens is 362 g/mol. The highest BCUT2D eigenvalue weighted by Crippen LogP contribution is 2.21. The molecule has 0 saturated carbocycles. The minimum absolute atomic E-state index is 0.0632. The SMILES string of the molecule is CCCCN(C)C(=O)c1cc(Nc2ccc(OCc3ccccc3)cc2)ccn1. The molecule has 3 aromatic rings. The second-order valence-corrected chi connectivity index (χ2v) is 6.93. The summed E-state index contributed by atoms with van der Waals surface area (Å²) in [4.78, 5) is 18.5. The molecule has 1 heterocycles. The first-order valence-corrected chi connectivity index (χ1v) is 9.91. The van der Waals surface area contributed by atoms with Gasteiger partial charge in [0.15, 0.2) is 0 Å². The van der Waals surface area contributed by atoms with Crippen molar-refractivity contribution in [2.75, 3.05) is 18.9 Å². The summed E-state index contributed by atoms with van der Waals surface area (Å²) in [6.45, 7) is 3.38. The van der Waals surface area contributed by atoms with E-state index in [1.54, 1.807) is 17.2 Å². The maximum atomic E-state index is 12.5. The normalized spacial score (nSPS) is 10.4. The van der Waals surface area contributed by atoms with Crippen molar-refractivity contribution in [1.29, 1.82) is 0 Å². The summed E-state index contributed by atoms with van der Waals surface area (Å²) >= 11 is 0. The largest absolute Gasteiger partial charge is 0.489 e. The van der Waals surface area contributed by atoms with E-state index in [1.165, 1.54) is 0 Å². The predicted octanol–water partition coefficient (Wildman–Crippen LogP) is 5.28. The number of ether oxygens (including phenoxy) is 1. The molecule has 5 heteroatoms. The molecule has 1 amide bonds. The number of pyridine rings is 1. The highest BCUT2D eigenvalue weighted by molar-refractivity contribution is 5.93. The minimum Gasteiger partial charge on any atom is -0.489 e. The van der Waals surface area contributed by atoms with Crippen LogP contribution in [-0.2, 0) is 6.61 Å². The fourth-order valence-corrected chi connectivity index (χ4v) is 2.86. The van der Waals surface area contributed by atoms with Crippen LogP contribution < -0.4 is 10.1 Å². The van der Waals surface area contributed by atoms with Crippen LogP contribution >= 0.6 is 0 Å². The maximum Gasteiger partial charge on any atom is 0.272 e. The summed E-state index contributed by atoms with van der Waals surface area (Å²) in [6, 6.07) is 21.5.